The van der Waals surface area contributed by atoms with Crippen LogP contribution in [0, 0.1) is 0 Å². The Bertz CT molecular complexity index is 675. The average molecular weight is 290 g/mol. The molecule has 2 N–H and O–H groups in total. The monoisotopic (exact) mass is 290 g/mol. The van der Waals surface area contributed by atoms with Gasteiger partial charge < -0.3 is 10.6 Å². The average Bonchev–Trinajstić information content (AvgIpc) is 3.05. The van der Waals surface area contributed by atoms with Crippen molar-refractivity contribution >= 4 is 44.7 Å². The van der Waals surface area contributed by atoms with Crippen LogP contribution in [0.1, 0.15) is 11.8 Å². The summed E-state index contributed by atoms with van der Waals surface area (Å²) in [5, 5.41) is 5.21. The van der Waals surface area contributed by atoms with Crippen molar-refractivity contribution in [2.45, 2.75) is 13.5 Å². The van der Waals surface area contributed by atoms with E-state index >= 15 is 0 Å². The van der Waals surface area contributed by atoms with Crippen LogP contribution in [0.15, 0.2) is 29.0 Å². The molecule has 0 atom stereocenters. The number of hydrogen-bond donors (Lipinski definition) is 1. The van der Waals surface area contributed by atoms with Gasteiger partial charge in [0.05, 0.1) is 11.9 Å². The Morgan fingerprint density at radius 3 is 2.84 bits per heavy atom. The van der Waals surface area contributed by atoms with Crippen molar-refractivity contribution in [2.75, 3.05) is 17.2 Å². The van der Waals surface area contributed by atoms with Crippen molar-refractivity contribution < 1.29 is 0 Å². The molecule has 0 saturated heterocycles. The fourth-order valence-corrected chi connectivity index (χ4v) is 3.51. The minimum atomic E-state index is 0.342. The summed E-state index contributed by atoms with van der Waals surface area (Å²) in [6.07, 6.45) is 0. The van der Waals surface area contributed by atoms with Gasteiger partial charge in [-0.3, -0.25) is 0 Å². The van der Waals surface area contributed by atoms with Crippen LogP contribution in [0.4, 0.5) is 11.8 Å². The first kappa shape index (κ1) is 12.4. The van der Waals surface area contributed by atoms with E-state index in [1.807, 2.05) is 5.38 Å². The molecular formula is C13H14N4S2. The highest BCUT2D eigenvalue weighted by Gasteiger charge is 2.14. The summed E-state index contributed by atoms with van der Waals surface area (Å²) in [5.41, 5.74) is 5.81. The quantitative estimate of drug-likeness (QED) is 0.800. The molecule has 0 unspecified atom stereocenters. The summed E-state index contributed by atoms with van der Waals surface area (Å²) in [6.45, 7) is 3.87. The summed E-state index contributed by atoms with van der Waals surface area (Å²) in [6, 6.07) is 6.27. The first-order chi connectivity index (χ1) is 9.28. The molecule has 3 rings (SSSR count). The number of nitrogen functional groups attached to an aromatic ring is 1. The zero-order valence-corrected chi connectivity index (χ0v) is 12.2. The molecule has 6 heteroatoms. The Labute approximate surface area is 119 Å². The zero-order chi connectivity index (χ0) is 13.2. The molecule has 98 valence electrons. The van der Waals surface area contributed by atoms with Crippen molar-refractivity contribution in [1.29, 1.82) is 0 Å². The summed E-state index contributed by atoms with van der Waals surface area (Å²) in [7, 11) is 0. The van der Waals surface area contributed by atoms with Gasteiger partial charge in [-0.1, -0.05) is 6.07 Å². The second-order valence-corrected chi connectivity index (χ2v) is 6.07. The highest BCUT2D eigenvalue weighted by atomic mass is 32.1. The normalized spacial score (nSPS) is 11.0. The Hall–Kier alpha value is -1.66. The van der Waals surface area contributed by atoms with Crippen LogP contribution in [-0.4, -0.2) is 16.5 Å². The fraction of sp³-hybridized carbons (Fsp3) is 0.231. The van der Waals surface area contributed by atoms with Gasteiger partial charge in [0, 0.05) is 11.4 Å². The molecule has 19 heavy (non-hydrogen) atoms. The molecule has 3 heterocycles. The van der Waals surface area contributed by atoms with E-state index in [-0.39, 0.29) is 0 Å². The van der Waals surface area contributed by atoms with Crippen LogP contribution in [0.25, 0.3) is 10.2 Å². The third-order valence-electron chi connectivity index (χ3n) is 2.93. The Morgan fingerprint density at radius 2 is 2.11 bits per heavy atom. The lowest BCUT2D eigenvalue weighted by atomic mass is 10.3. The molecule has 4 nitrogen and oxygen atoms in total. The number of aromatic nitrogens is 2. The van der Waals surface area contributed by atoms with Crippen molar-refractivity contribution in [3.8, 4) is 0 Å². The molecule has 0 aliphatic carbocycles. The highest BCUT2D eigenvalue weighted by Crippen LogP contribution is 2.29. The summed E-state index contributed by atoms with van der Waals surface area (Å²) in [4.78, 5) is 13.2. The lowest BCUT2D eigenvalue weighted by molar-refractivity contribution is 0.828. The maximum Gasteiger partial charge on any atom is 0.223 e. The van der Waals surface area contributed by atoms with Crippen LogP contribution in [-0.2, 0) is 6.54 Å². The molecule has 0 aromatic carbocycles. The number of nitrogens with zero attached hydrogens (tertiary/aromatic N) is 3. The van der Waals surface area contributed by atoms with Gasteiger partial charge >= 0.3 is 0 Å². The van der Waals surface area contributed by atoms with E-state index in [0.717, 1.165) is 29.1 Å². The van der Waals surface area contributed by atoms with E-state index in [0.29, 0.717) is 5.95 Å². The predicted octanol–water partition coefficient (Wildman–Crippen LogP) is 3.36. The smallest absolute Gasteiger partial charge is 0.223 e. The largest absolute Gasteiger partial charge is 0.368 e. The van der Waals surface area contributed by atoms with Crippen LogP contribution in [0.3, 0.4) is 0 Å². The van der Waals surface area contributed by atoms with Gasteiger partial charge in [-0.05, 0) is 29.8 Å². The Balaban J connectivity index is 2.03. The van der Waals surface area contributed by atoms with Gasteiger partial charge in [0.15, 0.2) is 0 Å². The van der Waals surface area contributed by atoms with Crippen LogP contribution >= 0.6 is 22.7 Å². The molecule has 0 aliphatic heterocycles. The highest BCUT2D eigenvalue weighted by molar-refractivity contribution is 7.16. The second kappa shape index (κ2) is 5.14. The van der Waals surface area contributed by atoms with Gasteiger partial charge in [-0.25, -0.2) is 4.98 Å². The topological polar surface area (TPSA) is 55.0 Å². The fourth-order valence-electron chi connectivity index (χ4n) is 2.02. The van der Waals surface area contributed by atoms with Gasteiger partial charge in [0.25, 0.3) is 0 Å². The van der Waals surface area contributed by atoms with Crippen LogP contribution in [0.5, 0.6) is 0 Å². The maximum atomic E-state index is 5.81. The van der Waals surface area contributed by atoms with E-state index in [4.69, 9.17) is 5.73 Å². The minimum Gasteiger partial charge on any atom is -0.368 e. The molecule has 0 saturated carbocycles. The number of rotatable bonds is 4. The standard InChI is InChI=1S/C13H14N4S2/c1-2-17(8-9-4-3-6-18-9)11-10-5-7-19-12(10)16-13(14)15-11/h3-7H,2,8H2,1H3,(H2,14,15,16). The molecule has 3 aromatic heterocycles. The summed E-state index contributed by atoms with van der Waals surface area (Å²) in [5.74, 6) is 1.27. The second-order valence-electron chi connectivity index (χ2n) is 4.14. The summed E-state index contributed by atoms with van der Waals surface area (Å²) >= 11 is 3.36. The van der Waals surface area contributed by atoms with Gasteiger partial charge in [0.1, 0.15) is 10.6 Å². The van der Waals surface area contributed by atoms with Crippen molar-refractivity contribution in [3.63, 3.8) is 0 Å². The van der Waals surface area contributed by atoms with Gasteiger partial charge in [-0.15, -0.1) is 22.7 Å². The zero-order valence-electron chi connectivity index (χ0n) is 10.5. The first-order valence-electron chi connectivity index (χ1n) is 6.06. The molecule has 0 aliphatic rings. The molecule has 0 bridgehead atoms. The molecular weight excluding hydrogens is 276 g/mol. The van der Waals surface area contributed by atoms with Gasteiger partial charge in [-0.2, -0.15) is 4.98 Å². The summed E-state index contributed by atoms with van der Waals surface area (Å²) < 4.78 is 0. The van der Waals surface area contributed by atoms with E-state index in [2.05, 4.69) is 45.4 Å². The molecule has 0 radical (unpaired) electrons. The molecule has 0 spiro atoms. The third kappa shape index (κ3) is 2.41. The van der Waals surface area contributed by atoms with Crippen LogP contribution in [0.2, 0.25) is 0 Å². The molecule has 0 fully saturated rings. The minimum absolute atomic E-state index is 0.342. The SMILES string of the molecule is CCN(Cc1cccs1)c1nc(N)nc2sccc12. The maximum absolute atomic E-state index is 5.81. The number of hydrogen-bond acceptors (Lipinski definition) is 6. The predicted molar refractivity (Wildman–Crippen MR) is 82.9 cm³/mol. The van der Waals surface area contributed by atoms with Crippen LogP contribution < -0.4 is 10.6 Å². The van der Waals surface area contributed by atoms with E-state index in [1.54, 1.807) is 22.7 Å². The van der Waals surface area contributed by atoms with E-state index < -0.39 is 0 Å². The lowest BCUT2D eigenvalue weighted by Gasteiger charge is -2.22. The van der Waals surface area contributed by atoms with Crippen molar-refractivity contribution in [1.82, 2.24) is 9.97 Å². The van der Waals surface area contributed by atoms with Crippen molar-refractivity contribution in [2.24, 2.45) is 0 Å². The van der Waals surface area contributed by atoms with E-state index in [1.165, 1.54) is 4.88 Å². The van der Waals surface area contributed by atoms with E-state index in [9.17, 15) is 0 Å². The Morgan fingerprint density at radius 1 is 1.21 bits per heavy atom. The Kier molecular flexibility index (Phi) is 3.35. The number of anilines is 2. The number of fused-ring (bicyclic) bond motifs is 1. The number of nitrogens with two attached hydrogens (primary N) is 1. The van der Waals surface area contributed by atoms with Crippen molar-refractivity contribution in [3.05, 3.63) is 33.8 Å². The number of thiophene rings is 2. The first-order valence-corrected chi connectivity index (χ1v) is 7.82. The molecule has 3 aromatic rings. The lowest BCUT2D eigenvalue weighted by Crippen LogP contribution is -2.23. The van der Waals surface area contributed by atoms with Gasteiger partial charge in [0.2, 0.25) is 5.95 Å². The molecule has 0 amide bonds. The third-order valence-corrected chi connectivity index (χ3v) is 4.60.